The molecule has 0 radical (unpaired) electrons. The Labute approximate surface area is 114 Å². The molecular weight excluding hydrogens is 244 g/mol. The van der Waals surface area contributed by atoms with Gasteiger partial charge in [0, 0.05) is 36.5 Å². The van der Waals surface area contributed by atoms with Gasteiger partial charge in [-0.25, -0.2) is 0 Å². The Balaban J connectivity index is 1.91. The standard InChI is InChI=1S/C14H24N2OS/c1-2-16-10-12(14-5-3-8-18-14)9-13(11-16)15-6-4-7-17/h3,5,8,12-13,15,17H,2,4,6-7,9-11H2,1H3. The van der Waals surface area contributed by atoms with E-state index in [1.54, 1.807) is 0 Å². The van der Waals surface area contributed by atoms with Crippen LogP contribution in [0.4, 0.5) is 0 Å². The zero-order chi connectivity index (χ0) is 12.8. The van der Waals surface area contributed by atoms with Crippen molar-refractivity contribution in [3.8, 4) is 0 Å². The fourth-order valence-corrected chi connectivity index (χ4v) is 3.55. The number of hydrogen-bond donors (Lipinski definition) is 2. The largest absolute Gasteiger partial charge is 0.396 e. The number of rotatable bonds is 6. The third-order valence-electron chi connectivity index (χ3n) is 3.69. The highest BCUT2D eigenvalue weighted by atomic mass is 32.1. The van der Waals surface area contributed by atoms with E-state index in [-0.39, 0.29) is 6.61 Å². The molecule has 4 heteroatoms. The number of aliphatic hydroxyl groups is 1. The van der Waals surface area contributed by atoms with E-state index < -0.39 is 0 Å². The minimum absolute atomic E-state index is 0.283. The van der Waals surface area contributed by atoms with Gasteiger partial charge in [0.2, 0.25) is 0 Å². The van der Waals surface area contributed by atoms with Crippen molar-refractivity contribution in [2.45, 2.75) is 31.7 Å². The predicted molar refractivity (Wildman–Crippen MR) is 77.3 cm³/mol. The molecule has 0 aromatic carbocycles. The molecule has 2 heterocycles. The van der Waals surface area contributed by atoms with Crippen molar-refractivity contribution in [2.24, 2.45) is 0 Å². The van der Waals surface area contributed by atoms with E-state index >= 15 is 0 Å². The predicted octanol–water partition coefficient (Wildman–Crippen LogP) is 1.90. The average Bonchev–Trinajstić information content (AvgIpc) is 2.92. The molecular formula is C14H24N2OS. The maximum atomic E-state index is 8.85. The summed E-state index contributed by atoms with van der Waals surface area (Å²) in [6, 6.07) is 4.98. The molecule has 3 nitrogen and oxygen atoms in total. The van der Waals surface area contributed by atoms with Crippen LogP contribution in [-0.2, 0) is 0 Å². The second-order valence-corrected chi connectivity index (χ2v) is 6.01. The molecule has 0 saturated carbocycles. The van der Waals surface area contributed by atoms with Crippen LogP contribution in [0.1, 0.15) is 30.6 Å². The number of likely N-dealkylation sites (N-methyl/N-ethyl adjacent to an activating group) is 1. The SMILES string of the molecule is CCN1CC(NCCCO)CC(c2cccs2)C1. The van der Waals surface area contributed by atoms with Crippen LogP contribution < -0.4 is 5.32 Å². The molecule has 2 unspecified atom stereocenters. The maximum Gasteiger partial charge on any atom is 0.0443 e. The highest BCUT2D eigenvalue weighted by Gasteiger charge is 2.27. The molecule has 2 rings (SSSR count). The lowest BCUT2D eigenvalue weighted by atomic mass is 9.93. The molecule has 0 spiro atoms. The first kappa shape index (κ1) is 14.0. The van der Waals surface area contributed by atoms with Crippen molar-refractivity contribution in [2.75, 3.05) is 32.8 Å². The van der Waals surface area contributed by atoms with Gasteiger partial charge in [0.15, 0.2) is 0 Å². The van der Waals surface area contributed by atoms with Crippen LogP contribution in [0, 0.1) is 0 Å². The number of aliphatic hydroxyl groups excluding tert-OH is 1. The van der Waals surface area contributed by atoms with Gasteiger partial charge < -0.3 is 15.3 Å². The molecule has 1 aromatic rings. The van der Waals surface area contributed by atoms with Crippen LogP contribution in [-0.4, -0.2) is 48.8 Å². The lowest BCUT2D eigenvalue weighted by Gasteiger charge is -2.37. The Morgan fingerprint density at radius 2 is 2.39 bits per heavy atom. The Hall–Kier alpha value is -0.420. The summed E-state index contributed by atoms with van der Waals surface area (Å²) in [7, 11) is 0. The van der Waals surface area contributed by atoms with Crippen LogP contribution in [0.2, 0.25) is 0 Å². The third-order valence-corrected chi connectivity index (χ3v) is 4.72. The number of nitrogens with one attached hydrogen (secondary N) is 1. The molecule has 18 heavy (non-hydrogen) atoms. The van der Waals surface area contributed by atoms with Gasteiger partial charge >= 0.3 is 0 Å². The fourth-order valence-electron chi connectivity index (χ4n) is 2.71. The number of nitrogens with zero attached hydrogens (tertiary/aromatic N) is 1. The van der Waals surface area contributed by atoms with Crippen molar-refractivity contribution in [3.63, 3.8) is 0 Å². The lowest BCUT2D eigenvalue weighted by molar-refractivity contribution is 0.177. The first-order chi connectivity index (χ1) is 8.83. The second kappa shape index (κ2) is 7.24. The second-order valence-electron chi connectivity index (χ2n) is 5.03. The quantitative estimate of drug-likeness (QED) is 0.774. The van der Waals surface area contributed by atoms with Crippen LogP contribution in [0.25, 0.3) is 0 Å². The van der Waals surface area contributed by atoms with E-state index in [1.807, 2.05) is 11.3 Å². The molecule has 1 fully saturated rings. The van der Waals surface area contributed by atoms with E-state index in [4.69, 9.17) is 5.11 Å². The third kappa shape index (κ3) is 3.79. The van der Waals surface area contributed by atoms with Gasteiger partial charge in [0.05, 0.1) is 0 Å². The van der Waals surface area contributed by atoms with Crippen LogP contribution in [0.5, 0.6) is 0 Å². The number of hydrogen-bond acceptors (Lipinski definition) is 4. The molecule has 0 amide bonds. The topological polar surface area (TPSA) is 35.5 Å². The van der Waals surface area contributed by atoms with Gasteiger partial charge in [-0.2, -0.15) is 0 Å². The first-order valence-corrected chi connectivity index (χ1v) is 7.81. The maximum absolute atomic E-state index is 8.85. The van der Waals surface area contributed by atoms with Crippen molar-refractivity contribution >= 4 is 11.3 Å². The lowest BCUT2D eigenvalue weighted by Crippen LogP contribution is -2.48. The van der Waals surface area contributed by atoms with Crippen molar-refractivity contribution in [1.29, 1.82) is 0 Å². The minimum Gasteiger partial charge on any atom is -0.396 e. The van der Waals surface area contributed by atoms with Gasteiger partial charge in [-0.15, -0.1) is 11.3 Å². The zero-order valence-electron chi connectivity index (χ0n) is 11.1. The van der Waals surface area contributed by atoms with E-state index in [2.05, 4.69) is 34.7 Å². The van der Waals surface area contributed by atoms with E-state index in [0.29, 0.717) is 12.0 Å². The summed E-state index contributed by atoms with van der Waals surface area (Å²) in [5.74, 6) is 0.672. The van der Waals surface area contributed by atoms with Crippen molar-refractivity contribution in [1.82, 2.24) is 10.2 Å². The van der Waals surface area contributed by atoms with Gasteiger partial charge in [-0.1, -0.05) is 13.0 Å². The molecule has 1 aliphatic rings. The summed E-state index contributed by atoms with van der Waals surface area (Å²) in [4.78, 5) is 4.05. The van der Waals surface area contributed by atoms with E-state index in [1.165, 1.54) is 17.8 Å². The van der Waals surface area contributed by atoms with Gasteiger partial charge in [-0.05, 0) is 37.4 Å². The van der Waals surface area contributed by atoms with E-state index in [9.17, 15) is 0 Å². The van der Waals surface area contributed by atoms with Crippen LogP contribution in [0.15, 0.2) is 17.5 Å². The van der Waals surface area contributed by atoms with Gasteiger partial charge in [-0.3, -0.25) is 0 Å². The smallest absolute Gasteiger partial charge is 0.0443 e. The number of thiophene rings is 1. The fraction of sp³-hybridized carbons (Fsp3) is 0.714. The van der Waals surface area contributed by atoms with Crippen molar-refractivity contribution < 1.29 is 5.11 Å². The molecule has 0 bridgehead atoms. The normalized spacial score (nSPS) is 25.4. The molecule has 2 atom stereocenters. The summed E-state index contributed by atoms with van der Waals surface area (Å²) in [5, 5.41) is 14.6. The summed E-state index contributed by atoms with van der Waals surface area (Å²) in [5.41, 5.74) is 0. The average molecular weight is 268 g/mol. The molecule has 1 saturated heterocycles. The van der Waals surface area contributed by atoms with Crippen LogP contribution in [0.3, 0.4) is 0 Å². The van der Waals surface area contributed by atoms with Gasteiger partial charge in [0.25, 0.3) is 0 Å². The molecule has 1 aliphatic heterocycles. The van der Waals surface area contributed by atoms with E-state index in [0.717, 1.165) is 26.1 Å². The Kier molecular flexibility index (Phi) is 5.63. The summed E-state index contributed by atoms with van der Waals surface area (Å²) in [6.07, 6.45) is 2.08. The monoisotopic (exact) mass is 268 g/mol. The molecule has 1 aromatic heterocycles. The summed E-state index contributed by atoms with van der Waals surface area (Å²) in [6.45, 7) is 6.90. The Morgan fingerprint density at radius 3 is 3.06 bits per heavy atom. The van der Waals surface area contributed by atoms with Crippen molar-refractivity contribution in [3.05, 3.63) is 22.4 Å². The highest BCUT2D eigenvalue weighted by Crippen LogP contribution is 2.30. The number of likely N-dealkylation sites (tertiary alicyclic amines) is 1. The Morgan fingerprint density at radius 1 is 1.50 bits per heavy atom. The Bertz CT molecular complexity index is 329. The first-order valence-electron chi connectivity index (χ1n) is 6.93. The number of piperidine rings is 1. The minimum atomic E-state index is 0.283. The van der Waals surface area contributed by atoms with Crippen LogP contribution >= 0.6 is 11.3 Å². The highest BCUT2D eigenvalue weighted by molar-refractivity contribution is 7.10. The van der Waals surface area contributed by atoms with Gasteiger partial charge in [0.1, 0.15) is 0 Å². The zero-order valence-corrected chi connectivity index (χ0v) is 12.0. The molecule has 102 valence electrons. The molecule has 2 N–H and O–H groups in total. The molecule has 0 aliphatic carbocycles. The summed E-state index contributed by atoms with van der Waals surface area (Å²) < 4.78 is 0. The summed E-state index contributed by atoms with van der Waals surface area (Å²) >= 11 is 1.88.